The summed E-state index contributed by atoms with van der Waals surface area (Å²) in [5.41, 5.74) is 1.43. The molecule has 1 aromatic heterocycles. The van der Waals surface area contributed by atoms with Gasteiger partial charge in [-0.2, -0.15) is 8.99 Å². The molecule has 1 aliphatic heterocycles. The number of para-hydroxylation sites is 1. The van der Waals surface area contributed by atoms with Crippen molar-refractivity contribution in [2.75, 3.05) is 18.4 Å². The van der Waals surface area contributed by atoms with E-state index < -0.39 is 10.0 Å². The fraction of sp³-hybridized carbons (Fsp3) is 0.222. The van der Waals surface area contributed by atoms with Crippen molar-refractivity contribution in [3.8, 4) is 5.69 Å². The van der Waals surface area contributed by atoms with E-state index in [0.29, 0.717) is 30.0 Å². The Hall–Kier alpha value is -3.11. The first kappa shape index (κ1) is 18.3. The van der Waals surface area contributed by atoms with Crippen LogP contribution in [0.15, 0.2) is 59.8 Å². The van der Waals surface area contributed by atoms with Gasteiger partial charge in [-0.1, -0.05) is 12.1 Å². The zero-order valence-corrected chi connectivity index (χ0v) is 15.7. The maximum Gasteiger partial charge on any atom is 0.257 e. The number of amides is 1. The van der Waals surface area contributed by atoms with Crippen molar-refractivity contribution in [2.24, 2.45) is 0 Å². The standard InChI is InChI=1S/C18H18N6O3S/c25-18(16-5-1-2-6-17(16)24-13-19-21-22-24)20-14-7-9-15(10-8-14)28(26,27)23-11-3-4-12-23/h1-2,5-10,13H,3-4,11-12H2,(H,20,25). The minimum absolute atomic E-state index is 0.224. The first-order chi connectivity index (χ1) is 13.6. The highest BCUT2D eigenvalue weighted by atomic mass is 32.2. The summed E-state index contributed by atoms with van der Waals surface area (Å²) in [5, 5.41) is 13.8. The lowest BCUT2D eigenvalue weighted by Gasteiger charge is -2.16. The molecule has 0 atom stereocenters. The van der Waals surface area contributed by atoms with Gasteiger partial charge in [0.2, 0.25) is 10.0 Å². The molecule has 10 heteroatoms. The lowest BCUT2D eigenvalue weighted by atomic mass is 10.1. The lowest BCUT2D eigenvalue weighted by Crippen LogP contribution is -2.27. The summed E-state index contributed by atoms with van der Waals surface area (Å²) < 4.78 is 28.1. The van der Waals surface area contributed by atoms with Gasteiger partial charge in [-0.15, -0.1) is 5.10 Å². The number of sulfonamides is 1. The number of hydrogen-bond acceptors (Lipinski definition) is 6. The molecule has 1 N–H and O–H groups in total. The number of anilines is 1. The second kappa shape index (κ2) is 7.49. The number of carbonyl (C=O) groups is 1. The number of carbonyl (C=O) groups excluding carboxylic acids is 1. The van der Waals surface area contributed by atoms with Crippen molar-refractivity contribution in [3.63, 3.8) is 0 Å². The average molecular weight is 398 g/mol. The minimum atomic E-state index is -3.48. The van der Waals surface area contributed by atoms with Gasteiger partial charge in [0.05, 0.1) is 16.1 Å². The second-order valence-corrected chi connectivity index (χ2v) is 8.30. The predicted octanol–water partition coefficient (Wildman–Crippen LogP) is 1.70. The zero-order valence-electron chi connectivity index (χ0n) is 14.9. The molecular weight excluding hydrogens is 380 g/mol. The van der Waals surface area contributed by atoms with E-state index in [9.17, 15) is 13.2 Å². The molecule has 0 saturated carbocycles. The molecule has 4 rings (SSSR count). The number of nitrogens with zero attached hydrogens (tertiary/aromatic N) is 5. The molecule has 1 amide bonds. The maximum absolute atomic E-state index is 12.7. The monoisotopic (exact) mass is 398 g/mol. The molecule has 2 aromatic carbocycles. The van der Waals surface area contributed by atoms with Crippen LogP contribution in [0.25, 0.3) is 5.69 Å². The van der Waals surface area contributed by atoms with Crippen molar-refractivity contribution in [2.45, 2.75) is 17.7 Å². The van der Waals surface area contributed by atoms with Gasteiger partial charge >= 0.3 is 0 Å². The molecule has 0 unspecified atom stereocenters. The number of aromatic nitrogens is 4. The third-order valence-electron chi connectivity index (χ3n) is 4.56. The van der Waals surface area contributed by atoms with Gasteiger partial charge in [-0.3, -0.25) is 4.79 Å². The van der Waals surface area contributed by atoms with Crippen LogP contribution >= 0.6 is 0 Å². The van der Waals surface area contributed by atoms with Crippen LogP contribution in [0.3, 0.4) is 0 Å². The number of rotatable bonds is 5. The molecule has 0 aliphatic carbocycles. The van der Waals surface area contributed by atoms with Crippen LogP contribution in [0.4, 0.5) is 5.69 Å². The Kier molecular flexibility index (Phi) is 4.88. The highest BCUT2D eigenvalue weighted by Crippen LogP contribution is 2.23. The van der Waals surface area contributed by atoms with E-state index in [1.54, 1.807) is 36.4 Å². The summed E-state index contributed by atoms with van der Waals surface area (Å²) >= 11 is 0. The van der Waals surface area contributed by atoms with E-state index in [1.807, 2.05) is 0 Å². The Morgan fingerprint density at radius 1 is 1.00 bits per heavy atom. The fourth-order valence-electron chi connectivity index (χ4n) is 3.12. The quantitative estimate of drug-likeness (QED) is 0.700. The van der Waals surface area contributed by atoms with Crippen molar-refractivity contribution in [3.05, 3.63) is 60.4 Å². The van der Waals surface area contributed by atoms with Crippen molar-refractivity contribution in [1.29, 1.82) is 0 Å². The first-order valence-electron chi connectivity index (χ1n) is 8.80. The largest absolute Gasteiger partial charge is 0.322 e. The van der Waals surface area contributed by atoms with Gasteiger partial charge in [0.15, 0.2) is 0 Å². The molecule has 2 heterocycles. The maximum atomic E-state index is 12.7. The Labute approximate surface area is 162 Å². The van der Waals surface area contributed by atoms with E-state index in [-0.39, 0.29) is 10.8 Å². The molecule has 144 valence electrons. The van der Waals surface area contributed by atoms with Crippen LogP contribution in [0.5, 0.6) is 0 Å². The molecule has 28 heavy (non-hydrogen) atoms. The van der Waals surface area contributed by atoms with E-state index in [4.69, 9.17) is 0 Å². The number of benzene rings is 2. The Bertz CT molecular complexity index is 1070. The summed E-state index contributed by atoms with van der Waals surface area (Å²) in [7, 11) is -3.48. The van der Waals surface area contributed by atoms with Gasteiger partial charge in [0.25, 0.3) is 5.91 Å². The van der Waals surface area contributed by atoms with Gasteiger partial charge in [0, 0.05) is 18.8 Å². The Balaban J connectivity index is 1.53. The molecule has 0 radical (unpaired) electrons. The summed E-state index contributed by atoms with van der Waals surface area (Å²) in [6, 6.07) is 13.1. The molecule has 1 fully saturated rings. The molecule has 1 saturated heterocycles. The van der Waals surface area contributed by atoms with Crippen LogP contribution in [0, 0.1) is 0 Å². The van der Waals surface area contributed by atoms with Crippen LogP contribution in [0.1, 0.15) is 23.2 Å². The van der Waals surface area contributed by atoms with E-state index in [1.165, 1.54) is 27.4 Å². The van der Waals surface area contributed by atoms with Gasteiger partial charge in [-0.25, -0.2) is 8.42 Å². The van der Waals surface area contributed by atoms with Crippen molar-refractivity contribution < 1.29 is 13.2 Å². The second-order valence-electron chi connectivity index (χ2n) is 6.36. The van der Waals surface area contributed by atoms with Crippen LogP contribution < -0.4 is 5.32 Å². The third kappa shape index (κ3) is 3.51. The van der Waals surface area contributed by atoms with Crippen LogP contribution in [-0.2, 0) is 10.0 Å². The lowest BCUT2D eigenvalue weighted by molar-refractivity contribution is 0.102. The predicted molar refractivity (Wildman–Crippen MR) is 102 cm³/mol. The summed E-state index contributed by atoms with van der Waals surface area (Å²) in [6.07, 6.45) is 3.17. The molecular formula is C18H18N6O3S. The first-order valence-corrected chi connectivity index (χ1v) is 10.2. The minimum Gasteiger partial charge on any atom is -0.322 e. The van der Waals surface area contributed by atoms with Gasteiger partial charge < -0.3 is 5.32 Å². The highest BCUT2D eigenvalue weighted by Gasteiger charge is 2.27. The van der Waals surface area contributed by atoms with Gasteiger partial charge in [-0.05, 0) is 59.7 Å². The van der Waals surface area contributed by atoms with E-state index in [2.05, 4.69) is 20.8 Å². The molecule has 3 aromatic rings. The van der Waals surface area contributed by atoms with E-state index in [0.717, 1.165) is 12.8 Å². The molecule has 9 nitrogen and oxygen atoms in total. The summed E-state index contributed by atoms with van der Waals surface area (Å²) in [4.78, 5) is 12.9. The van der Waals surface area contributed by atoms with Crippen molar-refractivity contribution in [1.82, 2.24) is 24.5 Å². The Morgan fingerprint density at radius 2 is 1.71 bits per heavy atom. The molecule has 0 bridgehead atoms. The average Bonchev–Trinajstić information content (AvgIpc) is 3.42. The molecule has 0 spiro atoms. The number of nitrogens with one attached hydrogen (secondary N) is 1. The zero-order chi connectivity index (χ0) is 19.6. The van der Waals surface area contributed by atoms with Crippen LogP contribution in [-0.4, -0.2) is 51.9 Å². The highest BCUT2D eigenvalue weighted by molar-refractivity contribution is 7.89. The number of tetrazole rings is 1. The van der Waals surface area contributed by atoms with Crippen molar-refractivity contribution >= 4 is 21.6 Å². The number of hydrogen-bond donors (Lipinski definition) is 1. The normalized spacial score (nSPS) is 14.9. The van der Waals surface area contributed by atoms with Gasteiger partial charge in [0.1, 0.15) is 6.33 Å². The van der Waals surface area contributed by atoms with E-state index >= 15 is 0 Å². The SMILES string of the molecule is O=C(Nc1ccc(S(=O)(=O)N2CCCC2)cc1)c1ccccc1-n1cnnn1. The molecule has 1 aliphatic rings. The fourth-order valence-corrected chi connectivity index (χ4v) is 4.64. The topological polar surface area (TPSA) is 110 Å². The third-order valence-corrected chi connectivity index (χ3v) is 6.47. The Morgan fingerprint density at radius 3 is 2.39 bits per heavy atom. The smallest absolute Gasteiger partial charge is 0.257 e. The summed E-state index contributed by atoms with van der Waals surface area (Å²) in [6.45, 7) is 1.10. The van der Waals surface area contributed by atoms with Crippen LogP contribution in [0.2, 0.25) is 0 Å². The summed E-state index contributed by atoms with van der Waals surface area (Å²) in [5.74, 6) is -0.346.